The van der Waals surface area contributed by atoms with Crippen LogP contribution in [0.15, 0.2) is 47.2 Å². The molecule has 14 heavy (non-hydrogen) atoms. The van der Waals surface area contributed by atoms with Crippen molar-refractivity contribution in [2.45, 2.75) is 6.29 Å². The summed E-state index contributed by atoms with van der Waals surface area (Å²) in [6.07, 6.45) is 2.93. The molecule has 1 heterocycles. The van der Waals surface area contributed by atoms with Crippen molar-refractivity contribution in [3.05, 3.63) is 42.2 Å². The molecule has 1 aliphatic heterocycles. The summed E-state index contributed by atoms with van der Waals surface area (Å²) in [5, 5.41) is 0. The molecule has 2 rings (SSSR count). The fraction of sp³-hybridized carbons (Fsp3) is 0.100. The monoisotopic (exact) mass is 188 g/mol. The van der Waals surface area contributed by atoms with E-state index in [1.54, 1.807) is 17.2 Å². The highest BCUT2D eigenvalue weighted by molar-refractivity contribution is 5.76. The van der Waals surface area contributed by atoms with Gasteiger partial charge >= 0.3 is 0 Å². The van der Waals surface area contributed by atoms with Gasteiger partial charge in [-0.05, 0) is 18.2 Å². The van der Waals surface area contributed by atoms with Gasteiger partial charge < -0.3 is 5.73 Å². The zero-order chi connectivity index (χ0) is 9.97. The van der Waals surface area contributed by atoms with Gasteiger partial charge in [0.05, 0.1) is 0 Å². The van der Waals surface area contributed by atoms with Crippen LogP contribution < -0.4 is 16.4 Å². The Morgan fingerprint density at radius 2 is 1.93 bits per heavy atom. The largest absolute Gasteiger partial charge is 0.385 e. The second-order valence-electron chi connectivity index (χ2n) is 3.01. The van der Waals surface area contributed by atoms with E-state index in [1.807, 2.05) is 30.3 Å². The van der Waals surface area contributed by atoms with Crippen LogP contribution in [0.1, 0.15) is 0 Å². The molecular formula is C10H12N4. The number of aliphatic imine (C=N–C) groups is 1. The lowest BCUT2D eigenvalue weighted by molar-refractivity contribution is 0.683. The standard InChI is InChI=1S/C10H12N4/c11-9-6-7-13-10(12)14(9)8-4-2-1-3-5-8/h1-7,10H,11-12H2. The lowest BCUT2D eigenvalue weighted by Gasteiger charge is -2.30. The van der Waals surface area contributed by atoms with Crippen molar-refractivity contribution in [3.63, 3.8) is 0 Å². The third-order valence-corrected chi connectivity index (χ3v) is 2.06. The number of anilines is 1. The molecule has 0 aliphatic carbocycles. The van der Waals surface area contributed by atoms with Gasteiger partial charge in [0.2, 0.25) is 0 Å². The molecule has 0 spiro atoms. The molecule has 72 valence electrons. The first-order valence-corrected chi connectivity index (χ1v) is 4.38. The summed E-state index contributed by atoms with van der Waals surface area (Å²) in [4.78, 5) is 5.84. The van der Waals surface area contributed by atoms with Gasteiger partial charge in [-0.25, -0.2) is 0 Å². The van der Waals surface area contributed by atoms with E-state index in [4.69, 9.17) is 11.5 Å². The number of rotatable bonds is 1. The second kappa shape index (κ2) is 3.51. The Labute approximate surface area is 82.5 Å². The zero-order valence-electron chi connectivity index (χ0n) is 7.67. The molecule has 4 heteroatoms. The van der Waals surface area contributed by atoms with E-state index in [-0.39, 0.29) is 0 Å². The van der Waals surface area contributed by atoms with Crippen LogP contribution in [0.3, 0.4) is 0 Å². The van der Waals surface area contributed by atoms with Crippen LogP contribution in [0.25, 0.3) is 0 Å². The summed E-state index contributed by atoms with van der Waals surface area (Å²) in [5.41, 5.74) is 12.6. The third kappa shape index (κ3) is 1.47. The molecule has 0 amide bonds. The second-order valence-corrected chi connectivity index (χ2v) is 3.01. The SMILES string of the molecule is NC1=CC=NC(N)N1c1ccccc1. The Morgan fingerprint density at radius 1 is 1.21 bits per heavy atom. The molecule has 0 radical (unpaired) electrons. The lowest BCUT2D eigenvalue weighted by atomic mass is 10.3. The van der Waals surface area contributed by atoms with E-state index in [0.29, 0.717) is 5.82 Å². The normalized spacial score (nSPS) is 20.8. The van der Waals surface area contributed by atoms with E-state index >= 15 is 0 Å². The van der Waals surface area contributed by atoms with Crippen molar-refractivity contribution in [2.75, 3.05) is 4.90 Å². The van der Waals surface area contributed by atoms with Crippen LogP contribution in [0.5, 0.6) is 0 Å². The van der Waals surface area contributed by atoms with Gasteiger partial charge in [0.15, 0.2) is 6.29 Å². The first kappa shape index (κ1) is 8.77. The molecule has 0 saturated carbocycles. The molecule has 1 unspecified atom stereocenters. The topological polar surface area (TPSA) is 67.6 Å². The van der Waals surface area contributed by atoms with Gasteiger partial charge in [0.1, 0.15) is 5.82 Å². The Morgan fingerprint density at radius 3 is 2.57 bits per heavy atom. The van der Waals surface area contributed by atoms with E-state index < -0.39 is 6.29 Å². The summed E-state index contributed by atoms with van der Waals surface area (Å²) < 4.78 is 0. The fourth-order valence-corrected chi connectivity index (χ4v) is 1.40. The molecule has 4 N–H and O–H groups in total. The zero-order valence-corrected chi connectivity index (χ0v) is 7.67. The van der Waals surface area contributed by atoms with Crippen molar-refractivity contribution < 1.29 is 0 Å². The third-order valence-electron chi connectivity index (χ3n) is 2.06. The lowest BCUT2D eigenvalue weighted by Crippen LogP contribution is -2.44. The van der Waals surface area contributed by atoms with Gasteiger partial charge in [-0.3, -0.25) is 15.6 Å². The van der Waals surface area contributed by atoms with Gasteiger partial charge in [-0.15, -0.1) is 0 Å². The molecule has 4 nitrogen and oxygen atoms in total. The molecule has 1 aromatic carbocycles. The van der Waals surface area contributed by atoms with Gasteiger partial charge in [-0.2, -0.15) is 0 Å². The highest BCUT2D eigenvalue weighted by atomic mass is 15.4. The van der Waals surface area contributed by atoms with E-state index in [2.05, 4.69) is 4.99 Å². The van der Waals surface area contributed by atoms with Crippen molar-refractivity contribution in [2.24, 2.45) is 16.5 Å². The highest BCUT2D eigenvalue weighted by Gasteiger charge is 2.17. The van der Waals surface area contributed by atoms with E-state index in [1.165, 1.54) is 0 Å². The number of hydrogen-bond donors (Lipinski definition) is 2. The van der Waals surface area contributed by atoms with Gasteiger partial charge in [0.25, 0.3) is 0 Å². The Bertz CT molecular complexity index is 369. The first-order valence-electron chi connectivity index (χ1n) is 4.38. The van der Waals surface area contributed by atoms with Gasteiger partial charge in [-0.1, -0.05) is 18.2 Å². The van der Waals surface area contributed by atoms with Crippen molar-refractivity contribution >= 4 is 11.9 Å². The maximum atomic E-state index is 5.82. The Hall–Kier alpha value is -1.81. The molecule has 1 aromatic rings. The average molecular weight is 188 g/mol. The number of nitrogens with two attached hydrogens (primary N) is 2. The highest BCUT2D eigenvalue weighted by Crippen LogP contribution is 2.19. The van der Waals surface area contributed by atoms with Crippen molar-refractivity contribution in [1.82, 2.24) is 0 Å². The minimum atomic E-state index is -0.428. The van der Waals surface area contributed by atoms with Crippen LogP contribution in [0, 0.1) is 0 Å². The van der Waals surface area contributed by atoms with Crippen LogP contribution in [-0.2, 0) is 0 Å². The predicted molar refractivity (Wildman–Crippen MR) is 57.7 cm³/mol. The summed E-state index contributed by atoms with van der Waals surface area (Å²) in [6.45, 7) is 0. The summed E-state index contributed by atoms with van der Waals surface area (Å²) >= 11 is 0. The molecule has 0 saturated heterocycles. The molecule has 0 aromatic heterocycles. The predicted octanol–water partition coefficient (Wildman–Crippen LogP) is 0.620. The maximum Gasteiger partial charge on any atom is 0.178 e. The smallest absolute Gasteiger partial charge is 0.178 e. The molecule has 0 bridgehead atoms. The number of allylic oxidation sites excluding steroid dienone is 1. The average Bonchev–Trinajstić information content (AvgIpc) is 2.19. The molecule has 0 fully saturated rings. The molecule has 1 aliphatic rings. The quantitative estimate of drug-likeness (QED) is 0.678. The van der Waals surface area contributed by atoms with Crippen LogP contribution >= 0.6 is 0 Å². The number of para-hydroxylation sites is 1. The molecule has 1 atom stereocenters. The number of nitrogens with zero attached hydrogens (tertiary/aromatic N) is 2. The molecular weight excluding hydrogens is 176 g/mol. The van der Waals surface area contributed by atoms with E-state index in [0.717, 1.165) is 5.69 Å². The van der Waals surface area contributed by atoms with Crippen LogP contribution in [0.4, 0.5) is 5.69 Å². The maximum absolute atomic E-state index is 5.82. The summed E-state index contributed by atoms with van der Waals surface area (Å²) in [5.74, 6) is 0.610. The number of benzene rings is 1. The minimum Gasteiger partial charge on any atom is -0.385 e. The summed E-state index contributed by atoms with van der Waals surface area (Å²) in [6, 6.07) is 9.71. The Kier molecular flexibility index (Phi) is 2.20. The first-order chi connectivity index (χ1) is 6.79. The fourth-order valence-electron chi connectivity index (χ4n) is 1.40. The van der Waals surface area contributed by atoms with Crippen LogP contribution in [0.2, 0.25) is 0 Å². The van der Waals surface area contributed by atoms with Gasteiger partial charge in [0, 0.05) is 11.9 Å². The minimum absolute atomic E-state index is 0.428. The number of hydrogen-bond acceptors (Lipinski definition) is 4. The van der Waals surface area contributed by atoms with Crippen molar-refractivity contribution in [1.29, 1.82) is 0 Å². The Balaban J connectivity index is 2.35. The summed E-state index contributed by atoms with van der Waals surface area (Å²) in [7, 11) is 0. The van der Waals surface area contributed by atoms with Crippen LogP contribution in [-0.4, -0.2) is 12.5 Å². The van der Waals surface area contributed by atoms with Crippen molar-refractivity contribution in [3.8, 4) is 0 Å². The van der Waals surface area contributed by atoms with E-state index in [9.17, 15) is 0 Å².